The van der Waals surface area contributed by atoms with Crippen molar-refractivity contribution < 1.29 is 24.0 Å². The zero-order chi connectivity index (χ0) is 21.8. The third kappa shape index (κ3) is 5.41. The van der Waals surface area contributed by atoms with E-state index in [0.29, 0.717) is 10.7 Å². The van der Waals surface area contributed by atoms with E-state index >= 15 is 0 Å². The monoisotopic (exact) mass is 469 g/mol. The average Bonchev–Trinajstić information content (AvgIpc) is 2.68. The van der Waals surface area contributed by atoms with Crippen molar-refractivity contribution in [2.24, 2.45) is 0 Å². The van der Waals surface area contributed by atoms with Crippen molar-refractivity contribution in [3.05, 3.63) is 56.6 Å². The zero-order valence-electron chi connectivity index (χ0n) is 15.0. The lowest BCUT2D eigenvalue weighted by Crippen LogP contribution is -2.32. The van der Waals surface area contributed by atoms with E-state index in [1.165, 1.54) is 23.9 Å². The van der Waals surface area contributed by atoms with Gasteiger partial charge in [0, 0.05) is 22.1 Å². The number of benzene rings is 2. The predicted molar refractivity (Wildman–Crippen MR) is 112 cm³/mol. The van der Waals surface area contributed by atoms with Crippen LogP contribution in [0.1, 0.15) is 6.42 Å². The second kappa shape index (κ2) is 9.33. The Kier molecular flexibility index (Phi) is 6.80. The minimum absolute atomic E-state index is 0.0297. The van der Waals surface area contributed by atoms with E-state index in [4.69, 9.17) is 27.9 Å². The van der Waals surface area contributed by atoms with Crippen molar-refractivity contribution in [1.82, 2.24) is 0 Å². The highest BCUT2D eigenvalue weighted by molar-refractivity contribution is 8.01. The van der Waals surface area contributed by atoms with E-state index in [1.54, 1.807) is 18.2 Å². The van der Waals surface area contributed by atoms with Crippen LogP contribution in [0.15, 0.2) is 41.3 Å². The van der Waals surface area contributed by atoms with Gasteiger partial charge in [0.1, 0.15) is 0 Å². The van der Waals surface area contributed by atoms with Gasteiger partial charge in [0.15, 0.2) is 6.61 Å². The standard InChI is InChI=1S/C18H13Cl2N3O6S/c19-9-1-4-14-13(5-9)22-18(26)15(30-14)7-17(25)29-8-16(24)21-12-3-2-10(23(27)28)6-11(12)20/h1-6,15H,7-8H2,(H,21,24)(H,22,26). The summed E-state index contributed by atoms with van der Waals surface area (Å²) in [7, 11) is 0. The normalized spacial score (nSPS) is 15.0. The number of halogens is 2. The van der Waals surface area contributed by atoms with Crippen LogP contribution in [0.2, 0.25) is 10.0 Å². The van der Waals surface area contributed by atoms with Crippen LogP contribution in [0.4, 0.5) is 17.1 Å². The van der Waals surface area contributed by atoms with Crippen molar-refractivity contribution >= 4 is 69.8 Å². The molecule has 2 amide bonds. The van der Waals surface area contributed by atoms with E-state index in [9.17, 15) is 24.5 Å². The number of rotatable bonds is 6. The molecule has 0 spiro atoms. The van der Waals surface area contributed by atoms with Crippen molar-refractivity contribution in [2.45, 2.75) is 16.6 Å². The molecule has 0 saturated carbocycles. The molecule has 0 bridgehead atoms. The van der Waals surface area contributed by atoms with Crippen LogP contribution in [0.3, 0.4) is 0 Å². The number of nitrogens with one attached hydrogen (secondary N) is 2. The van der Waals surface area contributed by atoms with Crippen LogP contribution >= 0.6 is 35.0 Å². The van der Waals surface area contributed by atoms with Gasteiger partial charge >= 0.3 is 5.97 Å². The lowest BCUT2D eigenvalue weighted by atomic mass is 10.2. The minimum atomic E-state index is -0.731. The van der Waals surface area contributed by atoms with Crippen LogP contribution < -0.4 is 10.6 Å². The average molecular weight is 470 g/mol. The van der Waals surface area contributed by atoms with E-state index in [2.05, 4.69) is 10.6 Å². The first-order valence-electron chi connectivity index (χ1n) is 8.39. The highest BCUT2D eigenvalue weighted by atomic mass is 35.5. The second-order valence-corrected chi connectivity index (χ2v) is 8.16. The zero-order valence-corrected chi connectivity index (χ0v) is 17.3. The van der Waals surface area contributed by atoms with Crippen molar-refractivity contribution in [3.8, 4) is 0 Å². The lowest BCUT2D eigenvalue weighted by molar-refractivity contribution is -0.384. The summed E-state index contributed by atoms with van der Waals surface area (Å²) < 4.78 is 4.92. The summed E-state index contributed by atoms with van der Waals surface area (Å²) in [5.74, 6) is -1.78. The molecule has 156 valence electrons. The topological polar surface area (TPSA) is 128 Å². The number of amides is 2. The molecule has 2 aromatic carbocycles. The fraction of sp³-hybridized carbons (Fsp3) is 0.167. The van der Waals surface area contributed by atoms with Crippen molar-refractivity contribution in [2.75, 3.05) is 17.2 Å². The molecule has 0 aliphatic carbocycles. The molecule has 0 saturated heterocycles. The van der Waals surface area contributed by atoms with E-state index in [1.807, 2.05) is 0 Å². The number of carbonyl (C=O) groups excluding carboxylic acids is 3. The van der Waals surface area contributed by atoms with E-state index < -0.39 is 28.7 Å². The molecule has 30 heavy (non-hydrogen) atoms. The van der Waals surface area contributed by atoms with Gasteiger partial charge in [-0.25, -0.2) is 0 Å². The summed E-state index contributed by atoms with van der Waals surface area (Å²) in [6, 6.07) is 8.57. The molecule has 2 N–H and O–H groups in total. The van der Waals surface area contributed by atoms with Crippen LogP contribution in [-0.2, 0) is 19.1 Å². The molecule has 1 unspecified atom stereocenters. The molecule has 1 aliphatic heterocycles. The van der Waals surface area contributed by atoms with Gasteiger partial charge in [-0.1, -0.05) is 23.2 Å². The maximum atomic E-state index is 12.2. The molecule has 1 aliphatic rings. The Morgan fingerprint density at radius 1 is 1.23 bits per heavy atom. The Morgan fingerprint density at radius 2 is 2.00 bits per heavy atom. The SMILES string of the molecule is O=C(COC(=O)CC1Sc2ccc(Cl)cc2NC1=O)Nc1ccc([N+](=O)[O-])cc1Cl. The minimum Gasteiger partial charge on any atom is -0.456 e. The van der Waals surface area contributed by atoms with Crippen LogP contribution in [0, 0.1) is 10.1 Å². The molecule has 0 aromatic heterocycles. The molecule has 0 fully saturated rings. The summed E-state index contributed by atoms with van der Waals surface area (Å²) in [6.07, 6.45) is -0.232. The molecule has 1 heterocycles. The first-order chi connectivity index (χ1) is 14.2. The Labute approximate surface area is 184 Å². The van der Waals surface area contributed by atoms with Crippen molar-refractivity contribution in [3.63, 3.8) is 0 Å². The van der Waals surface area contributed by atoms with Gasteiger partial charge in [-0.3, -0.25) is 24.5 Å². The number of nitro benzene ring substituents is 1. The van der Waals surface area contributed by atoms with Crippen LogP contribution in [0.5, 0.6) is 0 Å². The highest BCUT2D eigenvalue weighted by Gasteiger charge is 2.30. The Hall–Kier alpha value is -2.82. The second-order valence-electron chi connectivity index (χ2n) is 6.07. The third-order valence-corrected chi connectivity index (χ3v) is 5.74. The maximum Gasteiger partial charge on any atom is 0.307 e. The molecule has 12 heteroatoms. The number of non-ortho nitro benzene ring substituents is 1. The number of esters is 1. The number of hydrogen-bond acceptors (Lipinski definition) is 7. The molecular weight excluding hydrogens is 457 g/mol. The van der Waals surface area contributed by atoms with E-state index in [0.717, 1.165) is 11.0 Å². The predicted octanol–water partition coefficient (Wildman–Crippen LogP) is 3.89. The number of ether oxygens (including phenoxy) is 1. The molecule has 2 aromatic rings. The maximum absolute atomic E-state index is 12.2. The smallest absolute Gasteiger partial charge is 0.307 e. The van der Waals surface area contributed by atoms with Gasteiger partial charge in [-0.15, -0.1) is 11.8 Å². The highest BCUT2D eigenvalue weighted by Crippen LogP contribution is 2.38. The quantitative estimate of drug-likeness (QED) is 0.373. The van der Waals surface area contributed by atoms with Crippen LogP contribution in [-0.4, -0.2) is 34.6 Å². The summed E-state index contributed by atoms with van der Waals surface area (Å²) in [4.78, 5) is 47.0. The molecule has 1 atom stereocenters. The van der Waals surface area contributed by atoms with Gasteiger partial charge in [0.05, 0.1) is 33.0 Å². The van der Waals surface area contributed by atoms with E-state index in [-0.39, 0.29) is 28.7 Å². The molecule has 0 radical (unpaired) electrons. The number of nitrogens with zero attached hydrogens (tertiary/aromatic N) is 1. The number of hydrogen-bond donors (Lipinski definition) is 2. The first kappa shape index (κ1) is 21.9. The van der Waals surface area contributed by atoms with Crippen LogP contribution in [0.25, 0.3) is 0 Å². The Bertz CT molecular complexity index is 1050. The number of nitro groups is 1. The van der Waals surface area contributed by atoms with Crippen molar-refractivity contribution in [1.29, 1.82) is 0 Å². The van der Waals surface area contributed by atoms with Gasteiger partial charge in [-0.2, -0.15) is 0 Å². The van der Waals surface area contributed by atoms with Gasteiger partial charge in [0.25, 0.3) is 11.6 Å². The number of carbonyl (C=O) groups is 3. The van der Waals surface area contributed by atoms with Gasteiger partial charge in [-0.05, 0) is 24.3 Å². The summed E-state index contributed by atoms with van der Waals surface area (Å²) >= 11 is 13.0. The Balaban J connectivity index is 1.51. The number of anilines is 2. The molecular formula is C18H13Cl2N3O6S. The fourth-order valence-electron chi connectivity index (χ4n) is 2.52. The Morgan fingerprint density at radius 3 is 2.70 bits per heavy atom. The van der Waals surface area contributed by atoms with Gasteiger partial charge < -0.3 is 15.4 Å². The number of fused-ring (bicyclic) bond motifs is 1. The lowest BCUT2D eigenvalue weighted by Gasteiger charge is -2.23. The first-order valence-corrected chi connectivity index (χ1v) is 10.0. The third-order valence-electron chi connectivity index (χ3n) is 3.92. The molecule has 9 nitrogen and oxygen atoms in total. The summed E-state index contributed by atoms with van der Waals surface area (Å²) in [5, 5.41) is 15.5. The molecule has 3 rings (SSSR count). The summed E-state index contributed by atoms with van der Waals surface area (Å²) in [5.41, 5.74) is 0.485. The van der Waals surface area contributed by atoms with Gasteiger partial charge in [0.2, 0.25) is 5.91 Å². The fourth-order valence-corrected chi connectivity index (χ4v) is 3.99. The summed E-state index contributed by atoms with van der Waals surface area (Å²) in [6.45, 7) is -0.600. The number of thioether (sulfide) groups is 1. The largest absolute Gasteiger partial charge is 0.456 e.